The summed E-state index contributed by atoms with van der Waals surface area (Å²) >= 11 is 7.69. The van der Waals surface area contributed by atoms with Gasteiger partial charge in [-0.2, -0.15) is 0 Å². The molecule has 0 spiro atoms. The Bertz CT molecular complexity index is 1080. The molecule has 1 aliphatic heterocycles. The molecule has 0 bridgehead atoms. The number of para-hydroxylation sites is 1. The van der Waals surface area contributed by atoms with E-state index in [9.17, 15) is 14.9 Å². The number of carbonyl (C=O) groups is 1. The summed E-state index contributed by atoms with van der Waals surface area (Å²) < 4.78 is 6.29. The smallest absolute Gasteiger partial charge is 0.269 e. The molecule has 0 unspecified atom stereocenters. The van der Waals surface area contributed by atoms with Crippen molar-refractivity contribution in [3.63, 3.8) is 0 Å². The zero-order valence-corrected chi connectivity index (χ0v) is 18.3. The molecule has 1 saturated heterocycles. The minimum Gasteiger partial charge on any atom is -0.379 e. The number of nitro benzene ring substituents is 1. The first-order chi connectivity index (χ1) is 15.0. The van der Waals surface area contributed by atoms with E-state index in [0.717, 1.165) is 44.0 Å². The molecule has 4 rings (SSSR count). The third-order valence-corrected chi connectivity index (χ3v) is 6.47. The van der Waals surface area contributed by atoms with Gasteiger partial charge in [0.05, 0.1) is 27.9 Å². The van der Waals surface area contributed by atoms with E-state index in [2.05, 4.69) is 9.88 Å². The fraction of sp³-hybridized carbons (Fsp3) is 0.333. The van der Waals surface area contributed by atoms with E-state index < -0.39 is 4.92 Å². The number of non-ortho nitro benzene ring substituents is 1. The summed E-state index contributed by atoms with van der Waals surface area (Å²) in [5.74, 6) is -0.243. The number of benzene rings is 2. The first-order valence-electron chi connectivity index (χ1n) is 9.94. The Kier molecular flexibility index (Phi) is 6.77. The molecule has 0 atom stereocenters. The highest BCUT2D eigenvalue weighted by Gasteiger charge is 2.23. The topological polar surface area (TPSA) is 88.8 Å². The molecule has 3 aromatic rings. The van der Waals surface area contributed by atoms with Crippen LogP contribution < -0.4 is 4.90 Å². The SMILES string of the molecule is O=C(c1ccc([N+](=O)[O-])cc1)N(CCCN1CCOCC1)c1nc2c(Cl)cccc2s1. The number of rotatable bonds is 7. The number of fused-ring (bicyclic) bond motifs is 1. The van der Waals surface area contributed by atoms with Gasteiger partial charge in [-0.25, -0.2) is 4.98 Å². The lowest BCUT2D eigenvalue weighted by molar-refractivity contribution is -0.384. The van der Waals surface area contributed by atoms with Crippen molar-refractivity contribution < 1.29 is 14.5 Å². The lowest BCUT2D eigenvalue weighted by Gasteiger charge is -2.27. The first-order valence-corrected chi connectivity index (χ1v) is 11.1. The Morgan fingerprint density at radius 3 is 2.65 bits per heavy atom. The first kappa shape index (κ1) is 21.6. The maximum atomic E-state index is 13.3. The Labute approximate surface area is 188 Å². The van der Waals surface area contributed by atoms with Gasteiger partial charge >= 0.3 is 0 Å². The van der Waals surface area contributed by atoms with Gasteiger partial charge in [0.15, 0.2) is 5.13 Å². The van der Waals surface area contributed by atoms with E-state index >= 15 is 0 Å². The van der Waals surface area contributed by atoms with Crippen molar-refractivity contribution in [1.29, 1.82) is 0 Å². The van der Waals surface area contributed by atoms with Gasteiger partial charge in [0, 0.05) is 43.9 Å². The summed E-state index contributed by atoms with van der Waals surface area (Å²) in [6, 6.07) is 11.2. The highest BCUT2D eigenvalue weighted by Crippen LogP contribution is 2.33. The van der Waals surface area contributed by atoms with Crippen LogP contribution in [0, 0.1) is 10.1 Å². The van der Waals surface area contributed by atoms with Crippen LogP contribution in [0.3, 0.4) is 0 Å². The number of hydrogen-bond acceptors (Lipinski definition) is 7. The number of aromatic nitrogens is 1. The van der Waals surface area contributed by atoms with Crippen LogP contribution in [0.1, 0.15) is 16.8 Å². The van der Waals surface area contributed by atoms with Crippen LogP contribution in [0.4, 0.5) is 10.8 Å². The fourth-order valence-corrected chi connectivity index (χ4v) is 4.75. The number of carbonyl (C=O) groups excluding carboxylic acids is 1. The van der Waals surface area contributed by atoms with E-state index in [1.54, 1.807) is 11.0 Å². The van der Waals surface area contributed by atoms with Gasteiger partial charge in [-0.1, -0.05) is 29.0 Å². The number of ether oxygens (including phenoxy) is 1. The molecule has 0 aliphatic carbocycles. The van der Waals surface area contributed by atoms with Crippen LogP contribution in [-0.4, -0.2) is 60.1 Å². The maximum absolute atomic E-state index is 13.3. The van der Waals surface area contributed by atoms with Crippen molar-refractivity contribution in [2.24, 2.45) is 0 Å². The van der Waals surface area contributed by atoms with Gasteiger partial charge in [-0.05, 0) is 30.7 Å². The van der Waals surface area contributed by atoms with Crippen LogP contribution >= 0.6 is 22.9 Å². The zero-order chi connectivity index (χ0) is 21.8. The highest BCUT2D eigenvalue weighted by molar-refractivity contribution is 7.22. The number of amides is 1. The van der Waals surface area contributed by atoms with Gasteiger partial charge in [-0.15, -0.1) is 0 Å². The fourth-order valence-electron chi connectivity index (χ4n) is 3.46. The monoisotopic (exact) mass is 460 g/mol. The lowest BCUT2D eigenvalue weighted by Crippen LogP contribution is -2.39. The lowest BCUT2D eigenvalue weighted by atomic mass is 10.2. The number of nitrogens with zero attached hydrogens (tertiary/aromatic N) is 4. The molecule has 2 aromatic carbocycles. The maximum Gasteiger partial charge on any atom is 0.269 e. The quantitative estimate of drug-likeness (QED) is 0.387. The van der Waals surface area contributed by atoms with E-state index in [-0.39, 0.29) is 11.6 Å². The minimum atomic E-state index is -0.482. The van der Waals surface area contributed by atoms with Crippen LogP contribution in [0.2, 0.25) is 5.02 Å². The molecular weight excluding hydrogens is 440 g/mol. The average molecular weight is 461 g/mol. The van der Waals surface area contributed by atoms with E-state index in [1.165, 1.54) is 35.6 Å². The number of morpholine rings is 1. The number of thiazole rings is 1. The molecule has 0 radical (unpaired) electrons. The third kappa shape index (κ3) is 5.01. The predicted molar refractivity (Wildman–Crippen MR) is 121 cm³/mol. The van der Waals surface area contributed by atoms with Crippen molar-refractivity contribution in [3.05, 3.63) is 63.2 Å². The van der Waals surface area contributed by atoms with Gasteiger partial charge in [-0.3, -0.25) is 24.7 Å². The van der Waals surface area contributed by atoms with Crippen LogP contribution in [0.25, 0.3) is 10.2 Å². The molecule has 162 valence electrons. The predicted octanol–water partition coefficient (Wildman–Crippen LogP) is 4.23. The Balaban J connectivity index is 1.58. The molecule has 1 amide bonds. The normalized spacial score (nSPS) is 14.6. The summed E-state index contributed by atoms with van der Waals surface area (Å²) in [7, 11) is 0. The third-order valence-electron chi connectivity index (χ3n) is 5.12. The number of hydrogen-bond donors (Lipinski definition) is 0. The molecule has 1 fully saturated rings. The van der Waals surface area contributed by atoms with Crippen LogP contribution in [-0.2, 0) is 4.74 Å². The van der Waals surface area contributed by atoms with Crippen LogP contribution in [0.5, 0.6) is 0 Å². The summed E-state index contributed by atoms with van der Waals surface area (Å²) in [5, 5.41) is 12.0. The molecule has 8 nitrogen and oxygen atoms in total. The summed E-state index contributed by atoms with van der Waals surface area (Å²) in [5.41, 5.74) is 0.989. The summed E-state index contributed by atoms with van der Waals surface area (Å²) in [4.78, 5) is 32.4. The standard InChI is InChI=1S/C21H21ClN4O4S/c22-17-3-1-4-18-19(17)23-21(31-18)25(10-2-9-24-11-13-30-14-12-24)20(27)15-5-7-16(8-6-15)26(28)29/h1,3-8H,2,9-14H2. The molecule has 0 N–H and O–H groups in total. The minimum absolute atomic E-state index is 0.0535. The molecule has 0 saturated carbocycles. The van der Waals surface area contributed by atoms with Crippen molar-refractivity contribution in [3.8, 4) is 0 Å². The van der Waals surface area contributed by atoms with Crippen molar-refractivity contribution >= 4 is 49.9 Å². The van der Waals surface area contributed by atoms with Gasteiger partial charge in [0.25, 0.3) is 11.6 Å². The van der Waals surface area contributed by atoms with E-state index in [4.69, 9.17) is 16.3 Å². The molecule has 1 aromatic heterocycles. The second-order valence-corrected chi connectivity index (χ2v) is 8.57. The molecule has 31 heavy (non-hydrogen) atoms. The van der Waals surface area contributed by atoms with E-state index in [0.29, 0.717) is 27.8 Å². The van der Waals surface area contributed by atoms with Gasteiger partial charge in [0.2, 0.25) is 0 Å². The van der Waals surface area contributed by atoms with Crippen molar-refractivity contribution in [1.82, 2.24) is 9.88 Å². The second-order valence-electron chi connectivity index (χ2n) is 7.15. The zero-order valence-electron chi connectivity index (χ0n) is 16.7. The Hall–Kier alpha value is -2.59. The molecular formula is C21H21ClN4O4S. The van der Waals surface area contributed by atoms with Crippen molar-refractivity contribution in [2.75, 3.05) is 44.3 Å². The summed E-state index contributed by atoms with van der Waals surface area (Å²) in [6.07, 6.45) is 0.766. The Morgan fingerprint density at radius 1 is 1.23 bits per heavy atom. The number of nitro groups is 1. The van der Waals surface area contributed by atoms with Crippen LogP contribution in [0.15, 0.2) is 42.5 Å². The van der Waals surface area contributed by atoms with Gasteiger partial charge in [0.1, 0.15) is 5.52 Å². The highest BCUT2D eigenvalue weighted by atomic mass is 35.5. The average Bonchev–Trinajstić information content (AvgIpc) is 3.22. The number of anilines is 1. The Morgan fingerprint density at radius 2 is 1.97 bits per heavy atom. The summed E-state index contributed by atoms with van der Waals surface area (Å²) in [6.45, 7) is 4.54. The second kappa shape index (κ2) is 9.69. The van der Waals surface area contributed by atoms with Gasteiger partial charge < -0.3 is 4.74 Å². The van der Waals surface area contributed by atoms with E-state index in [1.807, 2.05) is 12.1 Å². The number of halogens is 1. The largest absolute Gasteiger partial charge is 0.379 e. The molecule has 2 heterocycles. The molecule has 1 aliphatic rings. The molecule has 10 heteroatoms. The van der Waals surface area contributed by atoms with Crippen molar-refractivity contribution in [2.45, 2.75) is 6.42 Å².